The summed E-state index contributed by atoms with van der Waals surface area (Å²) in [5.41, 5.74) is 2.10. The number of para-hydroxylation sites is 1. The summed E-state index contributed by atoms with van der Waals surface area (Å²) < 4.78 is 21.9. The highest BCUT2D eigenvalue weighted by Gasteiger charge is 2.13. The monoisotopic (exact) mass is 428 g/mol. The fraction of sp³-hybridized carbons (Fsp3) is 0.105. The van der Waals surface area contributed by atoms with Gasteiger partial charge in [0.2, 0.25) is 4.96 Å². The van der Waals surface area contributed by atoms with Crippen molar-refractivity contribution in [3.63, 3.8) is 0 Å². The lowest BCUT2D eigenvalue weighted by Gasteiger charge is -2.03. The zero-order valence-corrected chi connectivity index (χ0v) is 16.9. The Morgan fingerprint density at radius 2 is 1.93 bits per heavy atom. The Kier molecular flexibility index (Phi) is 4.71. The van der Waals surface area contributed by atoms with Gasteiger partial charge in [-0.15, -0.1) is 21.5 Å². The Bertz CT molecular complexity index is 1250. The Morgan fingerprint density at radius 1 is 1.07 bits per heavy atom. The van der Waals surface area contributed by atoms with Crippen molar-refractivity contribution in [1.29, 1.82) is 0 Å². The Labute approximate surface area is 171 Å². The third-order valence-electron chi connectivity index (χ3n) is 4.04. The normalized spacial score (nSPS) is 11.5. The molecule has 2 aromatic carbocycles. The zero-order valence-electron chi connectivity index (χ0n) is 14.4. The SMILES string of the molecule is Fc1ccc(OCc2nc(CSc3nnc4sc5ccccc5n34)cs2)cc1. The number of hydrogen-bond acceptors (Lipinski definition) is 7. The summed E-state index contributed by atoms with van der Waals surface area (Å²) in [4.78, 5) is 5.51. The van der Waals surface area contributed by atoms with Gasteiger partial charge in [0.05, 0.1) is 15.9 Å². The maximum Gasteiger partial charge on any atom is 0.217 e. The van der Waals surface area contributed by atoms with Gasteiger partial charge in [0.1, 0.15) is 23.2 Å². The van der Waals surface area contributed by atoms with Crippen LogP contribution in [0.3, 0.4) is 0 Å². The molecule has 0 saturated heterocycles. The molecule has 0 bridgehead atoms. The lowest BCUT2D eigenvalue weighted by atomic mass is 10.3. The summed E-state index contributed by atoms with van der Waals surface area (Å²) in [6.45, 7) is 0.366. The lowest BCUT2D eigenvalue weighted by molar-refractivity contribution is 0.305. The number of thiazole rings is 2. The average Bonchev–Trinajstić information content (AvgIpc) is 3.41. The topological polar surface area (TPSA) is 52.3 Å². The average molecular weight is 429 g/mol. The van der Waals surface area contributed by atoms with E-state index in [1.807, 2.05) is 17.5 Å². The predicted molar refractivity (Wildman–Crippen MR) is 111 cm³/mol. The molecule has 0 atom stereocenters. The molecule has 5 aromatic rings. The molecule has 3 aromatic heterocycles. The van der Waals surface area contributed by atoms with Crippen LogP contribution in [-0.4, -0.2) is 19.6 Å². The summed E-state index contributed by atoms with van der Waals surface area (Å²) in [5.74, 6) is 1.06. The van der Waals surface area contributed by atoms with E-state index in [9.17, 15) is 4.39 Å². The number of thioether (sulfide) groups is 1. The van der Waals surface area contributed by atoms with Crippen LogP contribution in [0.25, 0.3) is 15.2 Å². The summed E-state index contributed by atoms with van der Waals surface area (Å²) in [6, 6.07) is 14.2. The van der Waals surface area contributed by atoms with Crippen LogP contribution in [0.4, 0.5) is 4.39 Å². The first-order valence-electron chi connectivity index (χ1n) is 8.43. The number of hydrogen-bond donors (Lipinski definition) is 0. The van der Waals surface area contributed by atoms with Crippen molar-refractivity contribution in [2.45, 2.75) is 17.5 Å². The first-order chi connectivity index (χ1) is 13.8. The van der Waals surface area contributed by atoms with Gasteiger partial charge in [0.25, 0.3) is 0 Å². The highest BCUT2D eigenvalue weighted by Crippen LogP contribution is 2.31. The summed E-state index contributed by atoms with van der Waals surface area (Å²) >= 11 is 4.81. The van der Waals surface area contributed by atoms with E-state index in [-0.39, 0.29) is 5.82 Å². The first kappa shape index (κ1) is 17.6. The van der Waals surface area contributed by atoms with Crippen molar-refractivity contribution in [2.75, 3.05) is 0 Å². The van der Waals surface area contributed by atoms with Crippen molar-refractivity contribution >= 4 is 49.6 Å². The van der Waals surface area contributed by atoms with Crippen LogP contribution < -0.4 is 4.74 Å². The van der Waals surface area contributed by atoms with E-state index in [1.165, 1.54) is 16.8 Å². The summed E-state index contributed by atoms with van der Waals surface area (Å²) in [7, 11) is 0. The number of benzene rings is 2. The molecule has 9 heteroatoms. The smallest absolute Gasteiger partial charge is 0.217 e. The van der Waals surface area contributed by atoms with Crippen LogP contribution >= 0.6 is 34.4 Å². The molecule has 0 fully saturated rings. The molecule has 0 radical (unpaired) electrons. The number of ether oxygens (including phenoxy) is 1. The molecule has 0 aliphatic carbocycles. The van der Waals surface area contributed by atoms with Gasteiger partial charge in [0, 0.05) is 11.1 Å². The van der Waals surface area contributed by atoms with Gasteiger partial charge >= 0.3 is 0 Å². The molecule has 3 heterocycles. The molecule has 0 N–H and O–H groups in total. The standard InChI is InChI=1S/C19H13FN4OS3/c20-12-5-7-14(8-6-12)25-9-17-21-13(10-26-17)11-27-18-22-23-19-24(18)15-3-1-2-4-16(15)28-19/h1-8,10H,9,11H2. The van der Waals surface area contributed by atoms with Crippen LogP contribution in [0.2, 0.25) is 0 Å². The van der Waals surface area contributed by atoms with Gasteiger partial charge in [-0.2, -0.15) is 0 Å². The molecule has 5 nitrogen and oxygen atoms in total. The van der Waals surface area contributed by atoms with Gasteiger partial charge in [-0.05, 0) is 36.4 Å². The molecular formula is C19H13FN4OS3. The highest BCUT2D eigenvalue weighted by molar-refractivity contribution is 7.98. The number of aromatic nitrogens is 4. The number of rotatable bonds is 6. The predicted octanol–water partition coefficient (Wildman–Crippen LogP) is 5.41. The van der Waals surface area contributed by atoms with E-state index < -0.39 is 0 Å². The van der Waals surface area contributed by atoms with Crippen LogP contribution in [-0.2, 0) is 12.4 Å². The van der Waals surface area contributed by atoms with Crippen molar-refractivity contribution in [2.24, 2.45) is 0 Å². The molecule has 0 spiro atoms. The molecule has 5 rings (SSSR count). The zero-order chi connectivity index (χ0) is 18.9. The first-order valence-corrected chi connectivity index (χ1v) is 11.1. The number of halogens is 1. The molecule has 0 aliphatic rings. The third-order valence-corrected chi connectivity index (χ3v) is 6.88. The maximum absolute atomic E-state index is 12.9. The van der Waals surface area contributed by atoms with Crippen LogP contribution in [0.5, 0.6) is 5.75 Å². The van der Waals surface area contributed by atoms with Crippen molar-refractivity contribution < 1.29 is 9.13 Å². The third kappa shape index (κ3) is 3.48. The fourth-order valence-electron chi connectivity index (χ4n) is 2.74. The van der Waals surface area contributed by atoms with Crippen molar-refractivity contribution in [1.82, 2.24) is 19.6 Å². The van der Waals surface area contributed by atoms with Crippen LogP contribution in [0.1, 0.15) is 10.7 Å². The van der Waals surface area contributed by atoms with E-state index in [2.05, 4.69) is 31.7 Å². The molecular weight excluding hydrogens is 415 g/mol. The van der Waals surface area contributed by atoms with Gasteiger partial charge in [-0.1, -0.05) is 35.2 Å². The minimum atomic E-state index is -0.276. The number of fused-ring (bicyclic) bond motifs is 3. The van der Waals surface area contributed by atoms with E-state index in [0.717, 1.165) is 26.3 Å². The second-order valence-electron chi connectivity index (χ2n) is 5.93. The van der Waals surface area contributed by atoms with Crippen LogP contribution in [0, 0.1) is 5.82 Å². The summed E-state index contributed by atoms with van der Waals surface area (Å²) in [5, 5.41) is 12.4. The molecule has 0 amide bonds. The van der Waals surface area contributed by atoms with E-state index in [0.29, 0.717) is 18.1 Å². The summed E-state index contributed by atoms with van der Waals surface area (Å²) in [6.07, 6.45) is 0. The van der Waals surface area contributed by atoms with Gasteiger partial charge < -0.3 is 4.74 Å². The minimum Gasteiger partial charge on any atom is -0.486 e. The molecule has 0 aliphatic heterocycles. The largest absolute Gasteiger partial charge is 0.486 e. The Balaban J connectivity index is 1.26. The molecule has 0 unspecified atom stereocenters. The maximum atomic E-state index is 12.9. The lowest BCUT2D eigenvalue weighted by Crippen LogP contribution is -1.95. The second-order valence-corrected chi connectivity index (χ2v) is 8.83. The number of nitrogens with zero attached hydrogens (tertiary/aromatic N) is 4. The van der Waals surface area contributed by atoms with Crippen molar-refractivity contribution in [3.8, 4) is 5.75 Å². The molecule has 140 valence electrons. The van der Waals surface area contributed by atoms with Gasteiger partial charge in [-0.25, -0.2) is 9.37 Å². The van der Waals surface area contributed by atoms with Gasteiger partial charge in [-0.3, -0.25) is 4.40 Å². The Hall–Kier alpha value is -2.49. The second kappa shape index (κ2) is 7.50. The van der Waals surface area contributed by atoms with Crippen molar-refractivity contribution in [3.05, 3.63) is 70.4 Å². The highest BCUT2D eigenvalue weighted by atomic mass is 32.2. The Morgan fingerprint density at radius 3 is 2.82 bits per heavy atom. The van der Waals surface area contributed by atoms with Crippen LogP contribution in [0.15, 0.2) is 59.1 Å². The molecule has 28 heavy (non-hydrogen) atoms. The van der Waals surface area contributed by atoms with Gasteiger partial charge in [0.15, 0.2) is 5.16 Å². The minimum absolute atomic E-state index is 0.276. The van der Waals surface area contributed by atoms with E-state index in [1.54, 1.807) is 46.6 Å². The van der Waals surface area contributed by atoms with E-state index in [4.69, 9.17) is 4.74 Å². The molecule has 0 saturated carbocycles. The fourth-order valence-corrected chi connectivity index (χ4v) is 5.42. The quantitative estimate of drug-likeness (QED) is 0.339. The van der Waals surface area contributed by atoms with E-state index >= 15 is 0 Å².